The molecule has 3 rings (SSSR count). The first-order valence-electron chi connectivity index (χ1n) is 7.00. The summed E-state index contributed by atoms with van der Waals surface area (Å²) in [5, 5.41) is 0. The number of nitrogens with zero attached hydrogens (tertiary/aromatic N) is 1. The van der Waals surface area contributed by atoms with Crippen LogP contribution in [0.15, 0.2) is 27.4 Å². The molecule has 1 saturated heterocycles. The highest BCUT2D eigenvalue weighted by Gasteiger charge is 2.32. The summed E-state index contributed by atoms with van der Waals surface area (Å²) < 4.78 is 29.9. The first kappa shape index (κ1) is 14.3. The van der Waals surface area contributed by atoms with Crippen molar-refractivity contribution in [2.75, 3.05) is 11.5 Å². The number of fused-ring (bicyclic) bond motifs is 1. The highest BCUT2D eigenvalue weighted by molar-refractivity contribution is 7.91. The van der Waals surface area contributed by atoms with Crippen molar-refractivity contribution in [2.24, 2.45) is 11.7 Å². The molecule has 2 N–H and O–H groups in total. The molecule has 0 aliphatic carbocycles. The van der Waals surface area contributed by atoms with Crippen molar-refractivity contribution in [1.82, 2.24) is 4.57 Å². The van der Waals surface area contributed by atoms with E-state index in [2.05, 4.69) is 0 Å². The lowest BCUT2D eigenvalue weighted by Crippen LogP contribution is -2.22. The Balaban J connectivity index is 1.96. The van der Waals surface area contributed by atoms with Gasteiger partial charge in [0.15, 0.2) is 15.4 Å². The van der Waals surface area contributed by atoms with Crippen molar-refractivity contribution in [3.63, 3.8) is 0 Å². The second-order valence-corrected chi connectivity index (χ2v) is 7.76. The van der Waals surface area contributed by atoms with Crippen molar-refractivity contribution in [3.8, 4) is 0 Å². The monoisotopic (exact) mass is 310 g/mol. The van der Waals surface area contributed by atoms with E-state index in [1.807, 2.05) is 19.1 Å². The summed E-state index contributed by atoms with van der Waals surface area (Å²) in [7, 11) is -2.96. The Morgan fingerprint density at radius 1 is 1.48 bits per heavy atom. The van der Waals surface area contributed by atoms with Crippen molar-refractivity contribution in [1.29, 1.82) is 0 Å². The molecule has 2 aromatic rings. The van der Waals surface area contributed by atoms with E-state index >= 15 is 0 Å². The first-order chi connectivity index (χ1) is 9.91. The van der Waals surface area contributed by atoms with Crippen molar-refractivity contribution in [3.05, 3.63) is 34.3 Å². The Labute approximate surface area is 122 Å². The Bertz CT molecular complexity index is 834. The average molecular weight is 310 g/mol. The summed E-state index contributed by atoms with van der Waals surface area (Å²) in [6, 6.07) is 5.04. The minimum atomic E-state index is -2.96. The maximum absolute atomic E-state index is 11.7. The lowest BCUT2D eigenvalue weighted by atomic mass is 9.93. The van der Waals surface area contributed by atoms with Crippen molar-refractivity contribution < 1.29 is 12.8 Å². The van der Waals surface area contributed by atoms with Gasteiger partial charge in [-0.2, -0.15) is 0 Å². The molecule has 0 bridgehead atoms. The number of oxazole rings is 1. The molecule has 2 heterocycles. The Hall–Kier alpha value is -1.60. The SMILES string of the molecule is CCn1c(=O)oc2cc(C(N)C3CCS(=O)(=O)C3)ccc21. The maximum atomic E-state index is 11.7. The van der Waals surface area contributed by atoms with Gasteiger partial charge < -0.3 is 10.2 Å². The molecular weight excluding hydrogens is 292 g/mol. The zero-order valence-electron chi connectivity index (χ0n) is 11.8. The fraction of sp³-hybridized carbons (Fsp3) is 0.500. The summed E-state index contributed by atoms with van der Waals surface area (Å²) >= 11 is 0. The highest BCUT2D eigenvalue weighted by atomic mass is 32.2. The summed E-state index contributed by atoms with van der Waals surface area (Å²) in [6.07, 6.45) is 0.585. The van der Waals surface area contributed by atoms with Gasteiger partial charge in [-0.15, -0.1) is 0 Å². The molecular formula is C14H18N2O4S. The van der Waals surface area contributed by atoms with Gasteiger partial charge in [0.05, 0.1) is 17.0 Å². The normalized spacial score (nSPS) is 22.7. The van der Waals surface area contributed by atoms with E-state index in [1.54, 1.807) is 10.6 Å². The second-order valence-electron chi connectivity index (χ2n) is 5.53. The third-order valence-electron chi connectivity index (χ3n) is 4.17. The molecule has 2 unspecified atom stereocenters. The minimum Gasteiger partial charge on any atom is -0.408 e. The van der Waals surface area contributed by atoms with Crippen LogP contribution in [0.25, 0.3) is 11.1 Å². The summed E-state index contributed by atoms with van der Waals surface area (Å²) in [6.45, 7) is 2.41. The minimum absolute atomic E-state index is 0.0765. The largest absolute Gasteiger partial charge is 0.419 e. The molecule has 1 aliphatic heterocycles. The first-order valence-corrected chi connectivity index (χ1v) is 8.82. The van der Waals surface area contributed by atoms with Crippen molar-refractivity contribution >= 4 is 20.9 Å². The van der Waals surface area contributed by atoms with Crippen LogP contribution in [0.2, 0.25) is 0 Å². The van der Waals surface area contributed by atoms with Crippen LogP contribution in [0, 0.1) is 5.92 Å². The van der Waals surface area contributed by atoms with Gasteiger partial charge in [-0.05, 0) is 37.0 Å². The number of aryl methyl sites for hydroxylation is 1. The molecule has 6 nitrogen and oxygen atoms in total. The van der Waals surface area contributed by atoms with E-state index in [0.29, 0.717) is 18.5 Å². The number of nitrogens with two attached hydrogens (primary N) is 1. The van der Waals surface area contributed by atoms with E-state index in [9.17, 15) is 13.2 Å². The summed E-state index contributed by atoms with van der Waals surface area (Å²) in [5.41, 5.74) is 8.24. The Kier molecular flexibility index (Phi) is 3.41. The molecule has 0 amide bonds. The fourth-order valence-electron chi connectivity index (χ4n) is 2.97. The van der Waals surface area contributed by atoms with Gasteiger partial charge in [-0.3, -0.25) is 4.57 Å². The molecule has 21 heavy (non-hydrogen) atoms. The lowest BCUT2D eigenvalue weighted by molar-refractivity contribution is 0.478. The van der Waals surface area contributed by atoms with E-state index in [1.165, 1.54) is 0 Å². The third kappa shape index (κ3) is 2.51. The molecule has 2 atom stereocenters. The van der Waals surface area contributed by atoms with E-state index in [-0.39, 0.29) is 29.2 Å². The Morgan fingerprint density at radius 3 is 2.86 bits per heavy atom. The molecule has 1 aromatic carbocycles. The van der Waals surface area contributed by atoms with Gasteiger partial charge in [0.2, 0.25) is 0 Å². The van der Waals surface area contributed by atoms with Gasteiger partial charge in [-0.25, -0.2) is 13.2 Å². The third-order valence-corrected chi connectivity index (χ3v) is 5.96. The number of rotatable bonds is 3. The van der Waals surface area contributed by atoms with Crippen LogP contribution in [-0.2, 0) is 16.4 Å². The second kappa shape index (κ2) is 4.99. The average Bonchev–Trinajstić information content (AvgIpc) is 2.95. The molecule has 7 heteroatoms. The topological polar surface area (TPSA) is 95.3 Å². The van der Waals surface area contributed by atoms with Crippen LogP contribution in [0.5, 0.6) is 0 Å². The van der Waals surface area contributed by atoms with Crippen LogP contribution in [0.3, 0.4) is 0 Å². The van der Waals surface area contributed by atoms with Crippen LogP contribution < -0.4 is 11.5 Å². The van der Waals surface area contributed by atoms with Crippen molar-refractivity contribution in [2.45, 2.75) is 25.9 Å². The smallest absolute Gasteiger partial charge is 0.408 e. The highest BCUT2D eigenvalue weighted by Crippen LogP contribution is 2.31. The number of hydrogen-bond acceptors (Lipinski definition) is 5. The molecule has 114 valence electrons. The number of sulfone groups is 1. The lowest BCUT2D eigenvalue weighted by Gasteiger charge is -2.18. The molecule has 1 aliphatic rings. The van der Waals surface area contributed by atoms with E-state index < -0.39 is 9.84 Å². The Morgan fingerprint density at radius 2 is 2.24 bits per heavy atom. The van der Waals surface area contributed by atoms with E-state index in [4.69, 9.17) is 10.2 Å². The van der Waals surface area contributed by atoms with Gasteiger partial charge in [0.25, 0.3) is 0 Å². The summed E-state index contributed by atoms with van der Waals surface area (Å²) in [5.74, 6) is -0.129. The standard InChI is InChI=1S/C14H18N2O4S/c1-2-16-11-4-3-9(7-12(11)20-14(16)17)13(15)10-5-6-21(18,19)8-10/h3-4,7,10,13H,2,5-6,8,15H2,1H3. The van der Waals surface area contributed by atoms with Crippen LogP contribution in [0.4, 0.5) is 0 Å². The predicted octanol–water partition coefficient (Wildman–Crippen LogP) is 1.05. The van der Waals surface area contributed by atoms with Gasteiger partial charge in [-0.1, -0.05) is 6.07 Å². The van der Waals surface area contributed by atoms with Crippen LogP contribution >= 0.6 is 0 Å². The fourth-order valence-corrected chi connectivity index (χ4v) is 4.82. The summed E-state index contributed by atoms with van der Waals surface area (Å²) in [4.78, 5) is 11.7. The predicted molar refractivity (Wildman–Crippen MR) is 79.8 cm³/mol. The molecule has 0 radical (unpaired) electrons. The van der Waals surface area contributed by atoms with Crippen LogP contribution in [-0.4, -0.2) is 24.5 Å². The maximum Gasteiger partial charge on any atom is 0.419 e. The molecule has 0 saturated carbocycles. The van der Waals surface area contributed by atoms with Gasteiger partial charge in [0.1, 0.15) is 0 Å². The zero-order chi connectivity index (χ0) is 15.2. The van der Waals surface area contributed by atoms with E-state index in [0.717, 1.165) is 11.1 Å². The van der Waals surface area contributed by atoms with Gasteiger partial charge >= 0.3 is 5.76 Å². The molecule has 1 aromatic heterocycles. The number of hydrogen-bond donors (Lipinski definition) is 1. The molecule has 0 spiro atoms. The number of aromatic nitrogens is 1. The zero-order valence-corrected chi connectivity index (χ0v) is 12.6. The van der Waals surface area contributed by atoms with Gasteiger partial charge in [0, 0.05) is 12.6 Å². The quantitative estimate of drug-likeness (QED) is 0.914. The van der Waals surface area contributed by atoms with Crippen LogP contribution in [0.1, 0.15) is 24.9 Å². The number of benzene rings is 1. The molecule has 1 fully saturated rings.